The minimum Gasteiger partial charge on any atom is -0.344 e. The van der Waals surface area contributed by atoms with Crippen LogP contribution in [-0.4, -0.2) is 11.5 Å². The van der Waals surface area contributed by atoms with Crippen LogP contribution in [0.15, 0.2) is 73.2 Å². The molecule has 88 valence electrons. The first-order chi connectivity index (χ1) is 8.93. The molecular formula is C16H14N2. The third-order valence-electron chi connectivity index (χ3n) is 3.04. The van der Waals surface area contributed by atoms with E-state index in [2.05, 4.69) is 52.5 Å². The molecule has 1 aliphatic heterocycles. The molecule has 1 aromatic carbocycles. The second-order valence-corrected chi connectivity index (χ2v) is 4.20. The second-order valence-electron chi connectivity index (χ2n) is 4.20. The molecule has 0 bridgehead atoms. The summed E-state index contributed by atoms with van der Waals surface area (Å²) in [5, 5.41) is 0. The Morgan fingerprint density at radius 2 is 1.72 bits per heavy atom. The second kappa shape index (κ2) is 4.88. The molecular weight excluding hydrogens is 220 g/mol. The summed E-state index contributed by atoms with van der Waals surface area (Å²) in [5.41, 5.74) is 3.69. The van der Waals surface area contributed by atoms with Gasteiger partial charge in [0.1, 0.15) is 0 Å². The van der Waals surface area contributed by atoms with Crippen LogP contribution in [0.1, 0.15) is 5.56 Å². The lowest BCUT2D eigenvalue weighted by Gasteiger charge is -2.22. The van der Waals surface area contributed by atoms with E-state index in [4.69, 9.17) is 0 Å². The van der Waals surface area contributed by atoms with E-state index < -0.39 is 0 Å². The Morgan fingerprint density at radius 1 is 0.944 bits per heavy atom. The summed E-state index contributed by atoms with van der Waals surface area (Å²) in [4.78, 5) is 6.27. The molecule has 0 atom stereocenters. The largest absolute Gasteiger partial charge is 0.344 e. The Bertz CT molecular complexity index is 571. The summed E-state index contributed by atoms with van der Waals surface area (Å²) in [6.07, 6.45) is 10.2. The number of benzene rings is 1. The van der Waals surface area contributed by atoms with E-state index in [1.165, 1.54) is 16.8 Å². The first kappa shape index (κ1) is 10.8. The average molecular weight is 234 g/mol. The molecule has 0 radical (unpaired) electrons. The van der Waals surface area contributed by atoms with Crippen LogP contribution in [0.25, 0.3) is 5.57 Å². The Labute approximate surface area is 107 Å². The Kier molecular flexibility index (Phi) is 2.92. The summed E-state index contributed by atoms with van der Waals surface area (Å²) in [5.74, 6) is 0. The van der Waals surface area contributed by atoms with Crippen LogP contribution in [-0.2, 0) is 0 Å². The van der Waals surface area contributed by atoms with Crippen molar-refractivity contribution in [2.75, 3.05) is 11.4 Å². The summed E-state index contributed by atoms with van der Waals surface area (Å²) in [6, 6.07) is 14.5. The lowest BCUT2D eigenvalue weighted by Crippen LogP contribution is -2.18. The molecule has 18 heavy (non-hydrogen) atoms. The zero-order valence-corrected chi connectivity index (χ0v) is 10.0. The Balaban J connectivity index is 1.79. The van der Waals surface area contributed by atoms with Crippen LogP contribution in [0.4, 0.5) is 5.69 Å². The van der Waals surface area contributed by atoms with E-state index >= 15 is 0 Å². The van der Waals surface area contributed by atoms with E-state index in [0.29, 0.717) is 0 Å². The molecule has 0 saturated carbocycles. The number of nitrogens with zero attached hydrogens (tertiary/aromatic N) is 2. The van der Waals surface area contributed by atoms with Gasteiger partial charge in [-0.15, -0.1) is 0 Å². The van der Waals surface area contributed by atoms with Gasteiger partial charge in [-0.25, -0.2) is 0 Å². The number of hydrogen-bond donors (Lipinski definition) is 0. The first-order valence-corrected chi connectivity index (χ1v) is 6.04. The van der Waals surface area contributed by atoms with Crippen molar-refractivity contribution in [1.29, 1.82) is 0 Å². The molecule has 2 heteroatoms. The maximum Gasteiger partial charge on any atom is 0.0415 e. The quantitative estimate of drug-likeness (QED) is 0.790. The molecule has 0 amide bonds. The standard InChI is InChI=1S/C16H14N2/c1-2-4-16(5-3-1)18-12-8-15(9-13-18)14-6-10-17-11-7-14/h1-12H,13H2. The average Bonchev–Trinajstić information content (AvgIpc) is 2.49. The van der Waals surface area contributed by atoms with Crippen molar-refractivity contribution < 1.29 is 0 Å². The highest BCUT2D eigenvalue weighted by Crippen LogP contribution is 2.22. The highest BCUT2D eigenvalue weighted by Gasteiger charge is 2.07. The Hall–Kier alpha value is -2.35. The highest BCUT2D eigenvalue weighted by atomic mass is 15.1. The number of aromatic nitrogens is 1. The maximum absolute atomic E-state index is 4.04. The van der Waals surface area contributed by atoms with Gasteiger partial charge in [-0.05, 0) is 41.5 Å². The number of hydrogen-bond acceptors (Lipinski definition) is 2. The van der Waals surface area contributed by atoms with Gasteiger partial charge in [-0.3, -0.25) is 4.98 Å². The predicted molar refractivity (Wildman–Crippen MR) is 75.1 cm³/mol. The van der Waals surface area contributed by atoms with Crippen molar-refractivity contribution in [2.45, 2.75) is 0 Å². The maximum atomic E-state index is 4.04. The van der Waals surface area contributed by atoms with Gasteiger partial charge in [-0.2, -0.15) is 0 Å². The number of allylic oxidation sites excluding steroid dienone is 2. The lowest BCUT2D eigenvalue weighted by molar-refractivity contribution is 1.08. The van der Waals surface area contributed by atoms with Crippen molar-refractivity contribution >= 4 is 11.3 Å². The lowest BCUT2D eigenvalue weighted by atomic mass is 10.1. The molecule has 0 saturated heterocycles. The van der Waals surface area contributed by atoms with Crippen LogP contribution >= 0.6 is 0 Å². The molecule has 1 aromatic heterocycles. The minimum absolute atomic E-state index is 0.901. The summed E-state index contributed by atoms with van der Waals surface area (Å²) in [7, 11) is 0. The highest BCUT2D eigenvalue weighted by molar-refractivity contribution is 5.76. The summed E-state index contributed by atoms with van der Waals surface area (Å²) in [6.45, 7) is 0.901. The van der Waals surface area contributed by atoms with E-state index in [-0.39, 0.29) is 0 Å². The van der Waals surface area contributed by atoms with Gasteiger partial charge >= 0.3 is 0 Å². The van der Waals surface area contributed by atoms with Crippen molar-refractivity contribution in [3.8, 4) is 0 Å². The van der Waals surface area contributed by atoms with Gasteiger partial charge in [0.05, 0.1) is 0 Å². The van der Waals surface area contributed by atoms with Crippen molar-refractivity contribution in [1.82, 2.24) is 4.98 Å². The van der Waals surface area contributed by atoms with Crippen LogP contribution in [0.5, 0.6) is 0 Å². The molecule has 0 unspecified atom stereocenters. The topological polar surface area (TPSA) is 16.1 Å². The number of pyridine rings is 1. The summed E-state index contributed by atoms with van der Waals surface area (Å²) >= 11 is 0. The van der Waals surface area contributed by atoms with Crippen molar-refractivity contribution in [2.24, 2.45) is 0 Å². The fourth-order valence-electron chi connectivity index (χ4n) is 2.07. The van der Waals surface area contributed by atoms with Gasteiger partial charge in [-0.1, -0.05) is 24.3 Å². The van der Waals surface area contributed by atoms with Gasteiger partial charge < -0.3 is 4.90 Å². The SMILES string of the molecule is C1=CN(c2ccccc2)CC=C1c1ccncc1. The number of para-hydroxylation sites is 1. The molecule has 2 aromatic rings. The smallest absolute Gasteiger partial charge is 0.0415 e. The zero-order chi connectivity index (χ0) is 12.2. The molecule has 1 aliphatic rings. The molecule has 0 N–H and O–H groups in total. The van der Waals surface area contributed by atoms with Gasteiger partial charge in [0, 0.05) is 30.8 Å². The third kappa shape index (κ3) is 2.18. The zero-order valence-electron chi connectivity index (χ0n) is 10.0. The summed E-state index contributed by atoms with van der Waals surface area (Å²) < 4.78 is 0. The fourth-order valence-corrected chi connectivity index (χ4v) is 2.07. The van der Waals surface area contributed by atoms with Crippen LogP contribution < -0.4 is 4.90 Å². The molecule has 0 aliphatic carbocycles. The van der Waals surface area contributed by atoms with Crippen LogP contribution in [0.3, 0.4) is 0 Å². The van der Waals surface area contributed by atoms with E-state index in [1.807, 2.05) is 30.6 Å². The van der Waals surface area contributed by atoms with Gasteiger partial charge in [0.15, 0.2) is 0 Å². The predicted octanol–water partition coefficient (Wildman–Crippen LogP) is 3.50. The van der Waals surface area contributed by atoms with Crippen molar-refractivity contribution in [3.05, 3.63) is 78.8 Å². The van der Waals surface area contributed by atoms with E-state index in [9.17, 15) is 0 Å². The monoisotopic (exact) mass is 234 g/mol. The Morgan fingerprint density at radius 3 is 2.39 bits per heavy atom. The number of rotatable bonds is 2. The van der Waals surface area contributed by atoms with Crippen LogP contribution in [0, 0.1) is 0 Å². The normalized spacial score (nSPS) is 14.4. The number of anilines is 1. The molecule has 0 spiro atoms. The fraction of sp³-hybridized carbons (Fsp3) is 0.0625. The molecule has 2 nitrogen and oxygen atoms in total. The van der Waals surface area contributed by atoms with Gasteiger partial charge in [0.2, 0.25) is 0 Å². The van der Waals surface area contributed by atoms with Gasteiger partial charge in [0.25, 0.3) is 0 Å². The minimum atomic E-state index is 0.901. The first-order valence-electron chi connectivity index (χ1n) is 6.04. The van der Waals surface area contributed by atoms with Crippen molar-refractivity contribution in [3.63, 3.8) is 0 Å². The van der Waals surface area contributed by atoms with E-state index in [0.717, 1.165) is 6.54 Å². The van der Waals surface area contributed by atoms with E-state index in [1.54, 1.807) is 0 Å². The molecule has 3 rings (SSSR count). The van der Waals surface area contributed by atoms with Crippen LogP contribution in [0.2, 0.25) is 0 Å². The third-order valence-corrected chi connectivity index (χ3v) is 3.04. The molecule has 2 heterocycles. The molecule has 0 fully saturated rings.